The molecule has 0 spiro atoms. The molecule has 5 nitrogen and oxygen atoms in total. The Morgan fingerprint density at radius 1 is 1.15 bits per heavy atom. The predicted molar refractivity (Wildman–Crippen MR) is 93.3 cm³/mol. The highest BCUT2D eigenvalue weighted by Gasteiger charge is 2.21. The third kappa shape index (κ3) is 4.11. The Balaban J connectivity index is 1.94. The van der Waals surface area contributed by atoms with E-state index in [-0.39, 0.29) is 19.0 Å². The first kappa shape index (κ1) is 18.5. The smallest absolute Gasteiger partial charge is 0.341 e. The van der Waals surface area contributed by atoms with Gasteiger partial charge in [0, 0.05) is 6.07 Å². The Morgan fingerprint density at radius 2 is 1.89 bits per heavy atom. The van der Waals surface area contributed by atoms with E-state index < -0.39 is 34.8 Å². The number of nitrogens with one attached hydrogen (secondary N) is 1. The Kier molecular flexibility index (Phi) is 5.44. The minimum atomic E-state index is -1.12. The molecule has 27 heavy (non-hydrogen) atoms. The SMILES string of the molecule is CCOC(=O)c1ccc(F)c(Nc2cc(F)nn2Cc2ccccc2)c1F. The van der Waals surface area contributed by atoms with Crippen LogP contribution in [0.25, 0.3) is 0 Å². The number of hydrogen-bond acceptors (Lipinski definition) is 4. The lowest BCUT2D eigenvalue weighted by Crippen LogP contribution is -2.12. The molecule has 0 fully saturated rings. The van der Waals surface area contributed by atoms with E-state index in [0.717, 1.165) is 23.8 Å². The highest BCUT2D eigenvalue weighted by Crippen LogP contribution is 2.27. The second-order valence-electron chi connectivity index (χ2n) is 5.62. The van der Waals surface area contributed by atoms with Gasteiger partial charge in [-0.25, -0.2) is 18.3 Å². The summed E-state index contributed by atoms with van der Waals surface area (Å²) in [5.74, 6) is -3.75. The molecule has 0 aliphatic heterocycles. The number of anilines is 2. The summed E-state index contributed by atoms with van der Waals surface area (Å²) in [6.45, 7) is 1.81. The second-order valence-corrected chi connectivity index (χ2v) is 5.62. The molecule has 0 saturated heterocycles. The normalized spacial score (nSPS) is 10.7. The Bertz CT molecular complexity index is 958. The van der Waals surface area contributed by atoms with Crippen LogP contribution in [0.2, 0.25) is 0 Å². The zero-order valence-electron chi connectivity index (χ0n) is 14.4. The number of rotatable bonds is 6. The minimum absolute atomic E-state index is 0.0372. The van der Waals surface area contributed by atoms with Gasteiger partial charge in [0.25, 0.3) is 0 Å². The van der Waals surface area contributed by atoms with Crippen LogP contribution in [0.4, 0.5) is 24.7 Å². The molecular formula is C19H16F3N3O2. The first-order chi connectivity index (χ1) is 13.0. The molecule has 3 aromatic rings. The van der Waals surface area contributed by atoms with Crippen LogP contribution >= 0.6 is 0 Å². The van der Waals surface area contributed by atoms with Crippen molar-refractivity contribution in [3.05, 3.63) is 77.2 Å². The van der Waals surface area contributed by atoms with E-state index in [9.17, 15) is 18.0 Å². The van der Waals surface area contributed by atoms with E-state index in [1.54, 1.807) is 6.92 Å². The zero-order valence-corrected chi connectivity index (χ0v) is 14.4. The number of carbonyl (C=O) groups is 1. The van der Waals surface area contributed by atoms with E-state index in [4.69, 9.17) is 4.74 Å². The molecule has 140 valence electrons. The molecule has 0 amide bonds. The molecule has 0 atom stereocenters. The molecule has 0 aliphatic carbocycles. The lowest BCUT2D eigenvalue weighted by Gasteiger charge is -2.13. The zero-order chi connectivity index (χ0) is 19.4. The van der Waals surface area contributed by atoms with Crippen molar-refractivity contribution in [2.45, 2.75) is 13.5 Å². The van der Waals surface area contributed by atoms with Crippen molar-refractivity contribution in [1.29, 1.82) is 0 Å². The van der Waals surface area contributed by atoms with E-state index in [2.05, 4.69) is 10.4 Å². The van der Waals surface area contributed by atoms with Crippen LogP contribution in [-0.2, 0) is 11.3 Å². The maximum atomic E-state index is 14.6. The van der Waals surface area contributed by atoms with Gasteiger partial charge < -0.3 is 10.1 Å². The maximum absolute atomic E-state index is 14.6. The van der Waals surface area contributed by atoms with Crippen molar-refractivity contribution < 1.29 is 22.7 Å². The molecule has 8 heteroatoms. The highest BCUT2D eigenvalue weighted by atomic mass is 19.1. The standard InChI is InChI=1S/C19H16F3N3O2/c1-2-27-19(26)13-8-9-14(20)18(17(13)22)23-16-10-15(21)24-25(16)11-12-6-4-3-5-7-12/h3-10,23H,2,11H2,1H3. The van der Waals surface area contributed by atoms with Crippen LogP contribution in [0, 0.1) is 17.6 Å². The molecule has 1 aromatic heterocycles. The highest BCUT2D eigenvalue weighted by molar-refractivity contribution is 5.91. The molecule has 1 heterocycles. The summed E-state index contributed by atoms with van der Waals surface area (Å²) in [6.07, 6.45) is 0. The molecule has 0 unspecified atom stereocenters. The van der Waals surface area contributed by atoms with Crippen molar-refractivity contribution in [3.8, 4) is 0 Å². The van der Waals surface area contributed by atoms with Gasteiger partial charge in [-0.1, -0.05) is 30.3 Å². The fourth-order valence-electron chi connectivity index (χ4n) is 2.52. The van der Waals surface area contributed by atoms with E-state index in [1.807, 2.05) is 30.3 Å². The summed E-state index contributed by atoms with van der Waals surface area (Å²) in [4.78, 5) is 11.8. The fraction of sp³-hybridized carbons (Fsp3) is 0.158. The quantitative estimate of drug-likeness (QED) is 0.654. The van der Waals surface area contributed by atoms with E-state index >= 15 is 0 Å². The van der Waals surface area contributed by atoms with Gasteiger partial charge in [0.15, 0.2) is 5.82 Å². The molecule has 0 saturated carbocycles. The lowest BCUT2D eigenvalue weighted by atomic mass is 10.1. The number of esters is 1. The van der Waals surface area contributed by atoms with Gasteiger partial charge in [0.05, 0.1) is 18.7 Å². The lowest BCUT2D eigenvalue weighted by molar-refractivity contribution is 0.0521. The topological polar surface area (TPSA) is 56.1 Å². The van der Waals surface area contributed by atoms with Gasteiger partial charge in [-0.05, 0) is 24.6 Å². The van der Waals surface area contributed by atoms with Crippen molar-refractivity contribution in [3.63, 3.8) is 0 Å². The minimum Gasteiger partial charge on any atom is -0.462 e. The molecule has 2 aromatic carbocycles. The van der Waals surface area contributed by atoms with Crippen molar-refractivity contribution in [2.24, 2.45) is 0 Å². The largest absolute Gasteiger partial charge is 0.462 e. The molecule has 0 radical (unpaired) electrons. The summed E-state index contributed by atoms with van der Waals surface area (Å²) < 4.78 is 48.4. The summed E-state index contributed by atoms with van der Waals surface area (Å²) in [7, 11) is 0. The van der Waals surface area contributed by atoms with Gasteiger partial charge in [0.2, 0.25) is 5.95 Å². The fourth-order valence-corrected chi connectivity index (χ4v) is 2.52. The number of carbonyl (C=O) groups excluding carboxylic acids is 1. The third-order valence-electron chi connectivity index (χ3n) is 3.76. The monoisotopic (exact) mass is 375 g/mol. The first-order valence-corrected chi connectivity index (χ1v) is 8.19. The average Bonchev–Trinajstić information content (AvgIpc) is 2.98. The summed E-state index contributed by atoms with van der Waals surface area (Å²) in [5.41, 5.74) is -0.185. The molecule has 1 N–H and O–H groups in total. The van der Waals surface area contributed by atoms with Crippen molar-refractivity contribution in [1.82, 2.24) is 9.78 Å². The maximum Gasteiger partial charge on any atom is 0.341 e. The Morgan fingerprint density at radius 3 is 2.59 bits per heavy atom. The van der Waals surface area contributed by atoms with Crippen molar-refractivity contribution in [2.75, 3.05) is 11.9 Å². The van der Waals surface area contributed by atoms with Crippen LogP contribution in [0.3, 0.4) is 0 Å². The van der Waals surface area contributed by atoms with Gasteiger partial charge in [-0.15, -0.1) is 5.10 Å². The van der Waals surface area contributed by atoms with E-state index in [1.165, 1.54) is 4.68 Å². The van der Waals surface area contributed by atoms with Crippen LogP contribution in [0.5, 0.6) is 0 Å². The number of benzene rings is 2. The number of aromatic nitrogens is 2. The number of halogens is 3. The Hall–Kier alpha value is -3.29. The van der Waals surface area contributed by atoms with Crippen LogP contribution in [0.15, 0.2) is 48.5 Å². The van der Waals surface area contributed by atoms with Crippen LogP contribution in [0.1, 0.15) is 22.8 Å². The first-order valence-electron chi connectivity index (χ1n) is 8.19. The average molecular weight is 375 g/mol. The van der Waals surface area contributed by atoms with Gasteiger partial charge in [-0.2, -0.15) is 4.39 Å². The molecule has 3 rings (SSSR count). The number of ether oxygens (including phenoxy) is 1. The molecular weight excluding hydrogens is 359 g/mol. The number of hydrogen-bond donors (Lipinski definition) is 1. The van der Waals surface area contributed by atoms with Gasteiger partial charge >= 0.3 is 5.97 Å². The van der Waals surface area contributed by atoms with Crippen LogP contribution in [-0.4, -0.2) is 22.4 Å². The molecule has 0 bridgehead atoms. The summed E-state index contributed by atoms with van der Waals surface area (Å²) >= 11 is 0. The Labute approximate surface area is 153 Å². The van der Waals surface area contributed by atoms with E-state index in [0.29, 0.717) is 0 Å². The summed E-state index contributed by atoms with van der Waals surface area (Å²) in [5, 5.41) is 6.19. The predicted octanol–water partition coefficient (Wildman–Crippen LogP) is 4.27. The van der Waals surface area contributed by atoms with Gasteiger partial charge in [-0.3, -0.25) is 0 Å². The van der Waals surface area contributed by atoms with Crippen LogP contribution < -0.4 is 5.32 Å². The second kappa shape index (κ2) is 7.94. The summed E-state index contributed by atoms with van der Waals surface area (Å²) in [6, 6.07) is 12.0. The third-order valence-corrected chi connectivity index (χ3v) is 3.76. The molecule has 0 aliphatic rings. The van der Waals surface area contributed by atoms with Gasteiger partial charge in [0.1, 0.15) is 17.3 Å². The number of nitrogens with zero attached hydrogens (tertiary/aromatic N) is 2. The van der Waals surface area contributed by atoms with Crippen molar-refractivity contribution >= 4 is 17.5 Å².